The van der Waals surface area contributed by atoms with Crippen molar-refractivity contribution < 1.29 is 0 Å². The van der Waals surface area contributed by atoms with E-state index in [1.165, 1.54) is 36.8 Å². The summed E-state index contributed by atoms with van der Waals surface area (Å²) in [6.45, 7) is 12.5. The maximum absolute atomic E-state index is 3.69. The first kappa shape index (κ1) is 15.6. The van der Waals surface area contributed by atoms with E-state index in [0.29, 0.717) is 16.9 Å². The second kappa shape index (κ2) is 5.89. The molecule has 0 saturated heterocycles. The van der Waals surface area contributed by atoms with Gasteiger partial charge in [-0.25, -0.2) is 0 Å². The Balaban J connectivity index is 2.21. The highest BCUT2D eigenvalue weighted by atomic mass is 14.9. The summed E-state index contributed by atoms with van der Waals surface area (Å²) in [6.07, 6.45) is 5.32. The van der Waals surface area contributed by atoms with Gasteiger partial charge in [0, 0.05) is 18.0 Å². The lowest BCUT2D eigenvalue weighted by Gasteiger charge is -2.57. The van der Waals surface area contributed by atoms with Crippen molar-refractivity contribution in [3.8, 4) is 0 Å². The number of hydrogen-bond donors (Lipinski definition) is 1. The van der Waals surface area contributed by atoms with Crippen LogP contribution in [-0.4, -0.2) is 12.6 Å². The molecule has 0 spiro atoms. The largest absolute Gasteiger partial charge is 0.314 e. The normalized spacial score (nSPS) is 19.9. The van der Waals surface area contributed by atoms with Gasteiger partial charge in [0.05, 0.1) is 0 Å². The molecule has 0 aromatic heterocycles. The molecule has 1 aromatic rings. The molecule has 1 saturated carbocycles. The highest BCUT2D eigenvalue weighted by Crippen LogP contribution is 2.59. The van der Waals surface area contributed by atoms with Crippen LogP contribution in [0.1, 0.15) is 64.5 Å². The van der Waals surface area contributed by atoms with Crippen molar-refractivity contribution in [2.45, 2.75) is 71.8 Å². The SMILES string of the molecule is CCC1(CC)CC(CNC(C)C)(c2ccc(C)cc2)C1. The third-order valence-corrected chi connectivity index (χ3v) is 5.44. The zero-order chi connectivity index (χ0) is 14.8. The van der Waals surface area contributed by atoms with Crippen molar-refractivity contribution in [2.75, 3.05) is 6.54 Å². The minimum absolute atomic E-state index is 0.365. The number of rotatable bonds is 6. The fourth-order valence-corrected chi connectivity index (χ4v) is 3.87. The fourth-order valence-electron chi connectivity index (χ4n) is 3.87. The topological polar surface area (TPSA) is 12.0 Å². The molecule has 2 rings (SSSR count). The Morgan fingerprint density at radius 1 is 1.05 bits per heavy atom. The third kappa shape index (κ3) is 2.93. The molecule has 1 nitrogen and oxygen atoms in total. The van der Waals surface area contributed by atoms with Gasteiger partial charge in [0.15, 0.2) is 0 Å². The molecular formula is C19H31N. The van der Waals surface area contributed by atoms with Crippen LogP contribution >= 0.6 is 0 Å². The molecule has 0 amide bonds. The van der Waals surface area contributed by atoms with E-state index in [2.05, 4.69) is 64.2 Å². The van der Waals surface area contributed by atoms with Crippen LogP contribution in [0.3, 0.4) is 0 Å². The van der Waals surface area contributed by atoms with Gasteiger partial charge < -0.3 is 5.32 Å². The summed E-state index contributed by atoms with van der Waals surface area (Å²) >= 11 is 0. The molecule has 112 valence electrons. The molecule has 0 radical (unpaired) electrons. The molecule has 0 unspecified atom stereocenters. The van der Waals surface area contributed by atoms with Crippen LogP contribution in [-0.2, 0) is 5.41 Å². The number of hydrogen-bond acceptors (Lipinski definition) is 1. The monoisotopic (exact) mass is 273 g/mol. The zero-order valence-corrected chi connectivity index (χ0v) is 13.9. The smallest absolute Gasteiger partial charge is 0.00884 e. The van der Waals surface area contributed by atoms with Crippen LogP contribution in [0.15, 0.2) is 24.3 Å². The van der Waals surface area contributed by atoms with Gasteiger partial charge in [-0.2, -0.15) is 0 Å². The molecule has 0 bridgehead atoms. The minimum atomic E-state index is 0.365. The van der Waals surface area contributed by atoms with Gasteiger partial charge >= 0.3 is 0 Å². The molecule has 0 aliphatic heterocycles. The van der Waals surface area contributed by atoms with E-state index < -0.39 is 0 Å². The van der Waals surface area contributed by atoms with E-state index in [9.17, 15) is 0 Å². The van der Waals surface area contributed by atoms with Crippen LogP contribution in [0.5, 0.6) is 0 Å². The van der Waals surface area contributed by atoms with Crippen LogP contribution in [0.2, 0.25) is 0 Å². The molecule has 1 N–H and O–H groups in total. The maximum Gasteiger partial charge on any atom is 0.00884 e. The standard InChI is InChI=1S/C19H31N/c1-6-18(7-2)12-19(13-18,14-20-15(3)4)17-10-8-16(5)9-11-17/h8-11,15,20H,6-7,12-14H2,1-5H3. The number of benzene rings is 1. The Morgan fingerprint density at radius 2 is 1.60 bits per heavy atom. The summed E-state index contributed by atoms with van der Waals surface area (Å²) < 4.78 is 0. The van der Waals surface area contributed by atoms with E-state index in [0.717, 1.165) is 6.54 Å². The van der Waals surface area contributed by atoms with Gasteiger partial charge in [-0.3, -0.25) is 0 Å². The molecule has 1 heteroatoms. The lowest BCUT2D eigenvalue weighted by atomic mass is 9.48. The summed E-state index contributed by atoms with van der Waals surface area (Å²) in [5.74, 6) is 0. The van der Waals surface area contributed by atoms with E-state index in [1.807, 2.05) is 0 Å². The second-order valence-electron chi connectivity index (χ2n) is 7.24. The van der Waals surface area contributed by atoms with Crippen molar-refractivity contribution in [3.05, 3.63) is 35.4 Å². The predicted molar refractivity (Wildman–Crippen MR) is 88.2 cm³/mol. The Labute approximate surface area is 125 Å². The zero-order valence-electron chi connectivity index (χ0n) is 13.9. The van der Waals surface area contributed by atoms with Gasteiger partial charge in [-0.1, -0.05) is 70.4 Å². The summed E-state index contributed by atoms with van der Waals surface area (Å²) in [5, 5.41) is 3.69. The fraction of sp³-hybridized carbons (Fsp3) is 0.684. The van der Waals surface area contributed by atoms with E-state index >= 15 is 0 Å². The lowest BCUT2D eigenvalue weighted by Crippen LogP contribution is -2.55. The summed E-state index contributed by atoms with van der Waals surface area (Å²) in [4.78, 5) is 0. The Bertz CT molecular complexity index is 418. The molecule has 1 aromatic carbocycles. The molecule has 1 fully saturated rings. The van der Waals surface area contributed by atoms with E-state index in [4.69, 9.17) is 0 Å². The van der Waals surface area contributed by atoms with Crippen molar-refractivity contribution in [1.82, 2.24) is 5.32 Å². The summed E-state index contributed by atoms with van der Waals surface area (Å²) in [6, 6.07) is 9.81. The quantitative estimate of drug-likeness (QED) is 0.782. The van der Waals surface area contributed by atoms with Crippen LogP contribution in [0, 0.1) is 12.3 Å². The van der Waals surface area contributed by atoms with Gasteiger partial charge in [-0.15, -0.1) is 0 Å². The first-order chi connectivity index (χ1) is 9.45. The molecule has 0 heterocycles. The highest BCUT2D eigenvalue weighted by molar-refractivity contribution is 5.33. The van der Waals surface area contributed by atoms with Crippen molar-refractivity contribution >= 4 is 0 Å². The Hall–Kier alpha value is -0.820. The van der Waals surface area contributed by atoms with Gasteiger partial charge in [0.1, 0.15) is 0 Å². The second-order valence-corrected chi connectivity index (χ2v) is 7.24. The van der Waals surface area contributed by atoms with E-state index in [1.54, 1.807) is 0 Å². The van der Waals surface area contributed by atoms with Crippen molar-refractivity contribution in [1.29, 1.82) is 0 Å². The summed E-state index contributed by atoms with van der Waals surface area (Å²) in [5.41, 5.74) is 3.85. The summed E-state index contributed by atoms with van der Waals surface area (Å²) in [7, 11) is 0. The van der Waals surface area contributed by atoms with Gasteiger partial charge in [0.25, 0.3) is 0 Å². The van der Waals surface area contributed by atoms with Gasteiger partial charge in [-0.05, 0) is 30.7 Å². The predicted octanol–water partition coefficient (Wildman–Crippen LogP) is 4.83. The molecule has 20 heavy (non-hydrogen) atoms. The third-order valence-electron chi connectivity index (χ3n) is 5.44. The van der Waals surface area contributed by atoms with Crippen molar-refractivity contribution in [3.63, 3.8) is 0 Å². The Kier molecular flexibility index (Phi) is 4.59. The lowest BCUT2D eigenvalue weighted by molar-refractivity contribution is 0.0118. The van der Waals surface area contributed by atoms with E-state index in [-0.39, 0.29) is 0 Å². The Morgan fingerprint density at radius 3 is 2.05 bits per heavy atom. The molecule has 1 aliphatic rings. The molecule has 1 aliphatic carbocycles. The average Bonchev–Trinajstić information content (AvgIpc) is 2.40. The molecular weight excluding hydrogens is 242 g/mol. The molecule has 0 atom stereocenters. The first-order valence-corrected chi connectivity index (χ1v) is 8.26. The maximum atomic E-state index is 3.69. The van der Waals surface area contributed by atoms with Gasteiger partial charge in [0.2, 0.25) is 0 Å². The minimum Gasteiger partial charge on any atom is -0.314 e. The first-order valence-electron chi connectivity index (χ1n) is 8.26. The number of aryl methyl sites for hydroxylation is 1. The number of nitrogens with one attached hydrogen (secondary N) is 1. The highest BCUT2D eigenvalue weighted by Gasteiger charge is 2.52. The van der Waals surface area contributed by atoms with Crippen LogP contribution in [0.25, 0.3) is 0 Å². The van der Waals surface area contributed by atoms with Crippen molar-refractivity contribution in [2.24, 2.45) is 5.41 Å². The van der Waals surface area contributed by atoms with Crippen LogP contribution < -0.4 is 5.32 Å². The average molecular weight is 273 g/mol. The van der Waals surface area contributed by atoms with Crippen LogP contribution in [0.4, 0.5) is 0 Å².